The fraction of sp³-hybridized carbons (Fsp3) is 0.941. The zero-order valence-electron chi connectivity index (χ0n) is 12.9. The first-order chi connectivity index (χ1) is 9.66. The fourth-order valence-electron chi connectivity index (χ4n) is 4.54. The number of amides is 1. The molecule has 3 unspecified atom stereocenters. The minimum Gasteiger partial charge on any atom is -0.350 e. The molecular weight excluding hydrogens is 248 g/mol. The number of carbonyl (C=O) groups excluding carboxylic acids is 1. The molecule has 0 bridgehead atoms. The number of hydrogen-bond donors (Lipinski definition) is 2. The van der Waals surface area contributed by atoms with Gasteiger partial charge in [-0.2, -0.15) is 0 Å². The molecule has 3 nitrogen and oxygen atoms in total. The summed E-state index contributed by atoms with van der Waals surface area (Å²) in [5.74, 6) is 1.09. The minimum atomic E-state index is 0.0560. The second-order valence-electron chi connectivity index (χ2n) is 7.56. The van der Waals surface area contributed by atoms with Gasteiger partial charge < -0.3 is 10.6 Å². The van der Waals surface area contributed by atoms with Crippen LogP contribution < -0.4 is 10.6 Å². The largest absolute Gasteiger partial charge is 0.350 e. The van der Waals surface area contributed by atoms with Crippen LogP contribution in [0.2, 0.25) is 0 Å². The van der Waals surface area contributed by atoms with Gasteiger partial charge in [-0.1, -0.05) is 32.1 Å². The quantitative estimate of drug-likeness (QED) is 0.815. The van der Waals surface area contributed by atoms with Crippen molar-refractivity contribution >= 4 is 5.91 Å². The molecule has 2 saturated carbocycles. The highest BCUT2D eigenvalue weighted by atomic mass is 16.2. The molecule has 0 aromatic heterocycles. The second kappa shape index (κ2) is 6.05. The monoisotopic (exact) mass is 278 g/mol. The van der Waals surface area contributed by atoms with E-state index in [1.165, 1.54) is 51.4 Å². The van der Waals surface area contributed by atoms with Gasteiger partial charge in [-0.05, 0) is 51.4 Å². The number of hydrogen-bond acceptors (Lipinski definition) is 2. The Kier molecular flexibility index (Phi) is 4.34. The molecule has 3 rings (SSSR count). The summed E-state index contributed by atoms with van der Waals surface area (Å²) in [6, 6.07) is 0.667. The van der Waals surface area contributed by atoms with Crippen molar-refractivity contribution in [2.75, 3.05) is 0 Å². The molecule has 3 heteroatoms. The van der Waals surface area contributed by atoms with Crippen molar-refractivity contribution in [2.24, 2.45) is 5.92 Å². The van der Waals surface area contributed by atoms with Gasteiger partial charge in [0.05, 0.1) is 6.04 Å². The Morgan fingerprint density at radius 2 is 1.75 bits per heavy atom. The summed E-state index contributed by atoms with van der Waals surface area (Å²) in [7, 11) is 0. The maximum Gasteiger partial charge on any atom is 0.237 e. The maximum atomic E-state index is 12.6. The van der Waals surface area contributed by atoms with E-state index >= 15 is 0 Å². The summed E-state index contributed by atoms with van der Waals surface area (Å²) in [5.41, 5.74) is 0.0560. The Hall–Kier alpha value is -0.570. The van der Waals surface area contributed by atoms with Gasteiger partial charge in [-0.3, -0.25) is 4.79 Å². The predicted octanol–water partition coefficient (Wildman–Crippen LogP) is 3.14. The van der Waals surface area contributed by atoms with Crippen LogP contribution in [0.3, 0.4) is 0 Å². The van der Waals surface area contributed by atoms with E-state index in [-0.39, 0.29) is 17.5 Å². The summed E-state index contributed by atoms with van der Waals surface area (Å²) in [4.78, 5) is 12.6. The first kappa shape index (κ1) is 14.4. The molecule has 0 aromatic carbocycles. The zero-order valence-corrected chi connectivity index (χ0v) is 12.9. The lowest BCUT2D eigenvalue weighted by molar-refractivity contribution is -0.126. The Balaban J connectivity index is 1.54. The molecule has 0 aromatic rings. The molecule has 1 heterocycles. The second-order valence-corrected chi connectivity index (χ2v) is 7.56. The minimum absolute atomic E-state index is 0.0560. The van der Waals surface area contributed by atoms with E-state index in [0.717, 1.165) is 25.2 Å². The van der Waals surface area contributed by atoms with Crippen molar-refractivity contribution in [3.05, 3.63) is 0 Å². The molecule has 1 amide bonds. The molecule has 2 N–H and O–H groups in total. The average molecular weight is 278 g/mol. The molecular formula is C17H30N2O. The van der Waals surface area contributed by atoms with Crippen LogP contribution in [0.1, 0.15) is 77.6 Å². The van der Waals surface area contributed by atoms with E-state index in [1.54, 1.807) is 0 Å². The first-order valence-corrected chi connectivity index (χ1v) is 8.74. The van der Waals surface area contributed by atoms with Crippen LogP contribution in [0.15, 0.2) is 0 Å². The van der Waals surface area contributed by atoms with E-state index in [9.17, 15) is 4.79 Å². The fourth-order valence-corrected chi connectivity index (χ4v) is 4.54. The van der Waals surface area contributed by atoms with Gasteiger partial charge in [-0.25, -0.2) is 0 Å². The number of carbonyl (C=O) groups is 1. The summed E-state index contributed by atoms with van der Waals surface area (Å²) in [5, 5.41) is 7.01. The van der Waals surface area contributed by atoms with Crippen LogP contribution in [-0.2, 0) is 4.79 Å². The summed E-state index contributed by atoms with van der Waals surface area (Å²) in [6.07, 6.45) is 13.8. The zero-order chi connectivity index (χ0) is 14.0. The highest BCUT2D eigenvalue weighted by Gasteiger charge is 2.36. The standard InChI is InChI=1S/C17H30N2O/c1-17(11-5-2-6-12-17)19-16(20)15-10-9-13-7-3-4-8-14(13)18-15/h13-15,18H,2-12H2,1H3,(H,19,20). The molecule has 3 atom stereocenters. The Labute approximate surface area is 123 Å². The lowest BCUT2D eigenvalue weighted by Gasteiger charge is -2.42. The van der Waals surface area contributed by atoms with Gasteiger partial charge in [-0.15, -0.1) is 0 Å². The smallest absolute Gasteiger partial charge is 0.237 e. The summed E-state index contributed by atoms with van der Waals surface area (Å²) >= 11 is 0. The molecule has 0 radical (unpaired) electrons. The van der Waals surface area contributed by atoms with Gasteiger partial charge in [0.25, 0.3) is 0 Å². The van der Waals surface area contributed by atoms with Gasteiger partial charge in [0, 0.05) is 11.6 Å². The Bertz CT molecular complexity index is 349. The third-order valence-electron chi connectivity index (χ3n) is 5.85. The van der Waals surface area contributed by atoms with E-state index < -0.39 is 0 Å². The van der Waals surface area contributed by atoms with Crippen LogP contribution in [0, 0.1) is 5.92 Å². The SMILES string of the molecule is CC1(NC(=O)C2CCC3CCCCC3N2)CCCCC1. The molecule has 0 spiro atoms. The highest BCUT2D eigenvalue weighted by Crippen LogP contribution is 2.33. The number of rotatable bonds is 2. The predicted molar refractivity (Wildman–Crippen MR) is 81.5 cm³/mol. The van der Waals surface area contributed by atoms with Crippen LogP contribution in [0.5, 0.6) is 0 Å². The van der Waals surface area contributed by atoms with Crippen molar-refractivity contribution in [3.8, 4) is 0 Å². The van der Waals surface area contributed by atoms with E-state index in [2.05, 4.69) is 17.6 Å². The molecule has 2 aliphatic carbocycles. The third kappa shape index (κ3) is 3.19. The first-order valence-electron chi connectivity index (χ1n) is 8.74. The van der Waals surface area contributed by atoms with Crippen molar-refractivity contribution in [2.45, 2.75) is 95.2 Å². The average Bonchev–Trinajstić information content (AvgIpc) is 2.47. The third-order valence-corrected chi connectivity index (χ3v) is 5.85. The number of nitrogens with one attached hydrogen (secondary N) is 2. The molecule has 3 aliphatic rings. The van der Waals surface area contributed by atoms with Crippen LogP contribution >= 0.6 is 0 Å². The topological polar surface area (TPSA) is 41.1 Å². The van der Waals surface area contributed by atoms with Gasteiger partial charge >= 0.3 is 0 Å². The summed E-state index contributed by atoms with van der Waals surface area (Å²) < 4.78 is 0. The van der Waals surface area contributed by atoms with Gasteiger partial charge in [0.1, 0.15) is 0 Å². The Morgan fingerprint density at radius 1 is 1.00 bits per heavy atom. The molecule has 114 valence electrons. The number of piperidine rings is 1. The van der Waals surface area contributed by atoms with E-state index in [1.807, 2.05) is 0 Å². The molecule has 1 saturated heterocycles. The van der Waals surface area contributed by atoms with Crippen molar-refractivity contribution < 1.29 is 4.79 Å². The molecule has 20 heavy (non-hydrogen) atoms. The lowest BCUT2D eigenvalue weighted by atomic mass is 9.77. The number of fused-ring (bicyclic) bond motifs is 1. The van der Waals surface area contributed by atoms with Crippen LogP contribution in [0.4, 0.5) is 0 Å². The van der Waals surface area contributed by atoms with Crippen molar-refractivity contribution in [1.29, 1.82) is 0 Å². The van der Waals surface area contributed by atoms with Crippen LogP contribution in [-0.4, -0.2) is 23.5 Å². The summed E-state index contributed by atoms with van der Waals surface area (Å²) in [6.45, 7) is 2.23. The van der Waals surface area contributed by atoms with Crippen LogP contribution in [0.25, 0.3) is 0 Å². The molecule has 3 fully saturated rings. The normalized spacial score (nSPS) is 37.0. The lowest BCUT2D eigenvalue weighted by Crippen LogP contribution is -2.58. The van der Waals surface area contributed by atoms with Gasteiger partial charge in [0.15, 0.2) is 0 Å². The Morgan fingerprint density at radius 3 is 2.55 bits per heavy atom. The van der Waals surface area contributed by atoms with E-state index in [0.29, 0.717) is 6.04 Å². The highest BCUT2D eigenvalue weighted by molar-refractivity contribution is 5.82. The van der Waals surface area contributed by atoms with Gasteiger partial charge in [0.2, 0.25) is 5.91 Å². The van der Waals surface area contributed by atoms with E-state index in [4.69, 9.17) is 0 Å². The van der Waals surface area contributed by atoms with Crippen molar-refractivity contribution in [1.82, 2.24) is 10.6 Å². The maximum absolute atomic E-state index is 12.6. The molecule has 1 aliphatic heterocycles. The van der Waals surface area contributed by atoms with Crippen molar-refractivity contribution in [3.63, 3.8) is 0 Å².